The van der Waals surface area contributed by atoms with Crippen LogP contribution >= 0.6 is 11.8 Å². The van der Waals surface area contributed by atoms with Gasteiger partial charge < -0.3 is 9.47 Å². The molecule has 0 atom stereocenters. The van der Waals surface area contributed by atoms with Gasteiger partial charge in [-0.3, -0.25) is 24.1 Å². The average molecular weight is 731 g/mol. The van der Waals surface area contributed by atoms with E-state index in [0.29, 0.717) is 41.2 Å². The van der Waals surface area contributed by atoms with Crippen LogP contribution in [-0.4, -0.2) is 59.0 Å². The number of carbonyl (C=O) groups is 4. The first-order valence-corrected chi connectivity index (χ1v) is 18.1. The summed E-state index contributed by atoms with van der Waals surface area (Å²) >= 11 is 1.55. The molecule has 0 saturated carbocycles. The quantitative estimate of drug-likeness (QED) is 0.119. The molecule has 2 aliphatic rings. The Balaban J connectivity index is 1.09. The molecule has 0 fully saturated rings. The van der Waals surface area contributed by atoms with Crippen molar-refractivity contribution in [1.82, 2.24) is 9.88 Å². The molecule has 0 saturated heterocycles. The van der Waals surface area contributed by atoms with E-state index in [9.17, 15) is 32.3 Å². The van der Waals surface area contributed by atoms with E-state index in [1.807, 2.05) is 6.07 Å². The van der Waals surface area contributed by atoms with Crippen molar-refractivity contribution < 1.29 is 41.8 Å². The minimum Gasteiger partial charge on any atom is -0.493 e. The van der Waals surface area contributed by atoms with Crippen LogP contribution in [0.25, 0.3) is 0 Å². The Morgan fingerprint density at radius 2 is 1.44 bits per heavy atom. The molecule has 1 aromatic heterocycles. The van der Waals surface area contributed by atoms with E-state index in [1.54, 1.807) is 78.3 Å². The van der Waals surface area contributed by atoms with Crippen LogP contribution in [0.1, 0.15) is 96.1 Å². The molecule has 52 heavy (non-hydrogen) atoms. The first-order valence-electron chi connectivity index (χ1n) is 17.1. The first kappa shape index (κ1) is 37.0. The molecule has 2 aliphatic heterocycles. The lowest BCUT2D eigenvalue weighted by Gasteiger charge is -2.20. The summed E-state index contributed by atoms with van der Waals surface area (Å²) in [5.74, 6) is 0.622. The van der Waals surface area contributed by atoms with Gasteiger partial charge in [0.15, 0.2) is 23.1 Å². The summed E-state index contributed by atoms with van der Waals surface area (Å²) in [5, 5.41) is 0. The van der Waals surface area contributed by atoms with Gasteiger partial charge in [-0.05, 0) is 79.5 Å². The number of ether oxygens (including phenoxy) is 2. The number of halogens is 3. The van der Waals surface area contributed by atoms with Crippen LogP contribution in [0.4, 0.5) is 13.2 Å². The number of benzene rings is 3. The molecule has 6 rings (SSSR count). The van der Waals surface area contributed by atoms with Gasteiger partial charge in [0.25, 0.3) is 0 Å². The predicted molar refractivity (Wildman–Crippen MR) is 190 cm³/mol. The van der Waals surface area contributed by atoms with Crippen molar-refractivity contribution in [2.45, 2.75) is 62.7 Å². The average Bonchev–Trinajstić information content (AvgIpc) is 3.15. The minimum absolute atomic E-state index is 0.0153. The topological polar surface area (TPSA) is 103 Å². The zero-order valence-electron chi connectivity index (χ0n) is 28.6. The van der Waals surface area contributed by atoms with E-state index in [2.05, 4.69) is 4.98 Å². The summed E-state index contributed by atoms with van der Waals surface area (Å²) in [7, 11) is 1.73. The van der Waals surface area contributed by atoms with E-state index >= 15 is 0 Å². The highest BCUT2D eigenvalue weighted by molar-refractivity contribution is 7.99. The zero-order chi connectivity index (χ0) is 36.8. The van der Waals surface area contributed by atoms with Crippen LogP contribution in [0.3, 0.4) is 0 Å². The molecule has 12 heteroatoms. The molecule has 3 aromatic carbocycles. The van der Waals surface area contributed by atoms with Gasteiger partial charge in [0, 0.05) is 61.2 Å². The SMILES string of the molecule is CN(Cc1ccc(C(F)(F)F)c(C(=O)CCC(=O)c2ccc3c(c2)SCCO3)n1)Cc1ccccc1C(=O)CCC(=O)c1ccc2c(c1)CCCO2. The van der Waals surface area contributed by atoms with Gasteiger partial charge in [0.2, 0.25) is 0 Å². The fourth-order valence-corrected chi connectivity index (χ4v) is 7.19. The highest BCUT2D eigenvalue weighted by Gasteiger charge is 2.36. The number of Topliss-reactive ketones (excluding diaryl/α,β-unsaturated/α-hetero) is 4. The van der Waals surface area contributed by atoms with Crippen LogP contribution < -0.4 is 9.47 Å². The lowest BCUT2D eigenvalue weighted by atomic mass is 9.96. The maximum atomic E-state index is 14.0. The van der Waals surface area contributed by atoms with Crippen molar-refractivity contribution in [3.8, 4) is 11.5 Å². The molecule has 0 N–H and O–H groups in total. The van der Waals surface area contributed by atoms with Crippen molar-refractivity contribution in [2.24, 2.45) is 0 Å². The van der Waals surface area contributed by atoms with Gasteiger partial charge in [-0.2, -0.15) is 13.2 Å². The Kier molecular flexibility index (Phi) is 11.6. The Morgan fingerprint density at radius 3 is 2.21 bits per heavy atom. The third-order valence-corrected chi connectivity index (χ3v) is 9.97. The van der Waals surface area contributed by atoms with Crippen molar-refractivity contribution in [3.63, 3.8) is 0 Å². The number of fused-ring (bicyclic) bond motifs is 2. The number of ketones is 4. The number of aryl methyl sites for hydroxylation is 1. The second kappa shape index (κ2) is 16.2. The van der Waals surface area contributed by atoms with Gasteiger partial charge >= 0.3 is 6.18 Å². The molecule has 3 heterocycles. The number of thioether (sulfide) groups is 1. The highest BCUT2D eigenvalue weighted by Crippen LogP contribution is 2.35. The molecular formula is C40H37F3N2O6S. The Hall–Kier alpha value is -4.81. The lowest BCUT2D eigenvalue weighted by molar-refractivity contribution is -0.138. The smallest absolute Gasteiger partial charge is 0.418 e. The molecule has 270 valence electrons. The number of rotatable bonds is 14. The largest absolute Gasteiger partial charge is 0.493 e. The molecule has 8 nitrogen and oxygen atoms in total. The van der Waals surface area contributed by atoms with Gasteiger partial charge in [0.05, 0.1) is 29.4 Å². The number of aromatic nitrogens is 1. The van der Waals surface area contributed by atoms with Crippen LogP contribution in [0.2, 0.25) is 0 Å². The number of nitrogens with zero attached hydrogens (tertiary/aromatic N) is 2. The van der Waals surface area contributed by atoms with Gasteiger partial charge in [-0.15, -0.1) is 11.8 Å². The van der Waals surface area contributed by atoms with E-state index in [4.69, 9.17) is 9.47 Å². The molecule has 0 aliphatic carbocycles. The maximum absolute atomic E-state index is 14.0. The maximum Gasteiger partial charge on any atom is 0.418 e. The van der Waals surface area contributed by atoms with Crippen LogP contribution in [0.5, 0.6) is 11.5 Å². The minimum atomic E-state index is -4.82. The third-order valence-electron chi connectivity index (χ3n) is 8.97. The summed E-state index contributed by atoms with van der Waals surface area (Å²) in [6.07, 6.45) is -3.75. The van der Waals surface area contributed by atoms with E-state index in [-0.39, 0.29) is 55.4 Å². The van der Waals surface area contributed by atoms with E-state index < -0.39 is 29.6 Å². The zero-order valence-corrected chi connectivity index (χ0v) is 29.4. The van der Waals surface area contributed by atoms with Gasteiger partial charge in [0.1, 0.15) is 17.2 Å². The molecule has 0 unspecified atom stereocenters. The summed E-state index contributed by atoms with van der Waals surface area (Å²) < 4.78 is 53.1. The second-order valence-electron chi connectivity index (χ2n) is 12.9. The van der Waals surface area contributed by atoms with Crippen molar-refractivity contribution >= 4 is 34.9 Å². The Morgan fingerprint density at radius 1 is 0.769 bits per heavy atom. The van der Waals surface area contributed by atoms with Gasteiger partial charge in [-0.1, -0.05) is 24.3 Å². The lowest BCUT2D eigenvalue weighted by Crippen LogP contribution is -2.22. The van der Waals surface area contributed by atoms with Crippen LogP contribution in [0.15, 0.2) is 77.7 Å². The highest BCUT2D eigenvalue weighted by atomic mass is 32.2. The fourth-order valence-electron chi connectivity index (χ4n) is 6.33. The monoisotopic (exact) mass is 730 g/mol. The first-order chi connectivity index (χ1) is 25.0. The van der Waals surface area contributed by atoms with Crippen LogP contribution in [0, 0.1) is 0 Å². The number of pyridine rings is 1. The molecule has 4 aromatic rings. The second-order valence-corrected chi connectivity index (χ2v) is 14.0. The number of alkyl halides is 3. The molecule has 0 amide bonds. The van der Waals surface area contributed by atoms with Crippen molar-refractivity contribution in [3.05, 3.63) is 118 Å². The number of hydrogen-bond donors (Lipinski definition) is 0. The molecule has 0 radical (unpaired) electrons. The predicted octanol–water partition coefficient (Wildman–Crippen LogP) is 8.23. The normalized spacial score (nSPS) is 13.8. The number of hydrogen-bond acceptors (Lipinski definition) is 9. The molecular weight excluding hydrogens is 694 g/mol. The number of carbonyl (C=O) groups excluding carboxylic acids is 4. The molecule has 0 bridgehead atoms. The van der Waals surface area contributed by atoms with E-state index in [1.165, 1.54) is 6.07 Å². The van der Waals surface area contributed by atoms with Crippen LogP contribution in [-0.2, 0) is 25.7 Å². The van der Waals surface area contributed by atoms with Crippen molar-refractivity contribution in [1.29, 1.82) is 0 Å². The van der Waals surface area contributed by atoms with Crippen molar-refractivity contribution in [2.75, 3.05) is 26.0 Å². The summed E-state index contributed by atoms with van der Waals surface area (Å²) in [6.45, 7) is 1.55. The summed E-state index contributed by atoms with van der Waals surface area (Å²) in [5.41, 5.74) is 1.36. The summed E-state index contributed by atoms with van der Waals surface area (Å²) in [4.78, 5) is 59.1. The third kappa shape index (κ3) is 8.97. The molecule has 0 spiro atoms. The standard InChI is InChI=1S/C40H37F3N2O6S/c1-45(23-28-5-2-3-7-30(28)34(48)14-12-32(46)25-8-16-36-27(21-25)6-4-18-50-36)24-29-10-11-31(40(41,42)43)39(44-29)35(49)15-13-33(47)26-9-17-37-38(22-26)52-20-19-51-37/h2-3,5,7-11,16-17,21-22H,4,6,12-15,18-20,23-24H2,1H3. The summed E-state index contributed by atoms with van der Waals surface area (Å²) in [6, 6.07) is 19.4. The van der Waals surface area contributed by atoms with Gasteiger partial charge in [-0.25, -0.2) is 4.98 Å². The Bertz CT molecular complexity index is 2010. The fraction of sp³-hybridized carbons (Fsp3) is 0.325. The Labute approximate surface area is 303 Å². The van der Waals surface area contributed by atoms with E-state index in [0.717, 1.165) is 40.9 Å².